The van der Waals surface area contributed by atoms with Crippen LogP contribution in [0.2, 0.25) is 0 Å². The third kappa shape index (κ3) is 7.26. The molecule has 0 aliphatic rings. The monoisotopic (exact) mass is 156 g/mol. The molecule has 0 bridgehead atoms. The Hall–Kier alpha value is -0.630. The number of hydrogen-bond donors (Lipinski definition) is 1. The number of ketones is 1. The van der Waals surface area contributed by atoms with E-state index >= 15 is 0 Å². The van der Waals surface area contributed by atoms with Crippen LogP contribution < -0.4 is 0 Å². The van der Waals surface area contributed by atoms with Crippen LogP contribution >= 0.6 is 0 Å². The minimum Gasteiger partial charge on any atom is -0.389 e. The summed E-state index contributed by atoms with van der Waals surface area (Å²) >= 11 is 0. The Morgan fingerprint density at radius 3 is 2.73 bits per heavy atom. The van der Waals surface area contributed by atoms with Crippen LogP contribution in [0.1, 0.15) is 33.1 Å². The van der Waals surface area contributed by atoms with Crippen molar-refractivity contribution in [3.05, 3.63) is 12.2 Å². The second kappa shape index (κ2) is 6.10. The molecule has 11 heavy (non-hydrogen) atoms. The van der Waals surface area contributed by atoms with Crippen LogP contribution in [0.4, 0.5) is 0 Å². The van der Waals surface area contributed by atoms with Gasteiger partial charge >= 0.3 is 0 Å². The fourth-order valence-electron chi connectivity index (χ4n) is 0.777. The van der Waals surface area contributed by atoms with E-state index in [1.54, 1.807) is 19.1 Å². The van der Waals surface area contributed by atoms with E-state index in [0.717, 1.165) is 6.42 Å². The van der Waals surface area contributed by atoms with E-state index in [-0.39, 0.29) is 5.78 Å². The van der Waals surface area contributed by atoms with Crippen LogP contribution in [0, 0.1) is 0 Å². The van der Waals surface area contributed by atoms with Gasteiger partial charge in [-0.25, -0.2) is 0 Å². The molecule has 0 amide bonds. The van der Waals surface area contributed by atoms with E-state index in [1.807, 2.05) is 6.92 Å². The van der Waals surface area contributed by atoms with Crippen molar-refractivity contribution < 1.29 is 9.90 Å². The first kappa shape index (κ1) is 10.4. The highest BCUT2D eigenvalue weighted by Gasteiger charge is 1.95. The molecule has 0 rings (SSSR count). The molecule has 64 valence electrons. The second-order valence-electron chi connectivity index (χ2n) is 2.66. The van der Waals surface area contributed by atoms with Crippen molar-refractivity contribution in [2.75, 3.05) is 0 Å². The van der Waals surface area contributed by atoms with Gasteiger partial charge < -0.3 is 5.11 Å². The zero-order valence-corrected chi connectivity index (χ0v) is 7.21. The van der Waals surface area contributed by atoms with E-state index in [1.165, 1.54) is 0 Å². The lowest BCUT2D eigenvalue weighted by molar-refractivity contribution is -0.118. The molecule has 1 atom stereocenters. The number of carbonyl (C=O) groups is 1. The number of carbonyl (C=O) groups excluding carboxylic acids is 1. The Kier molecular flexibility index (Phi) is 5.75. The Labute approximate surface area is 67.9 Å². The van der Waals surface area contributed by atoms with Gasteiger partial charge in [0, 0.05) is 12.8 Å². The third-order valence-corrected chi connectivity index (χ3v) is 1.29. The van der Waals surface area contributed by atoms with Gasteiger partial charge in [-0.1, -0.05) is 19.1 Å². The van der Waals surface area contributed by atoms with Crippen molar-refractivity contribution in [3.63, 3.8) is 0 Å². The van der Waals surface area contributed by atoms with Crippen LogP contribution in [-0.2, 0) is 4.79 Å². The summed E-state index contributed by atoms with van der Waals surface area (Å²) in [6, 6.07) is 0. The van der Waals surface area contributed by atoms with Gasteiger partial charge in [0.1, 0.15) is 5.78 Å². The molecule has 2 heteroatoms. The number of hydrogen-bond acceptors (Lipinski definition) is 2. The maximum Gasteiger partial charge on any atom is 0.136 e. The van der Waals surface area contributed by atoms with E-state index in [0.29, 0.717) is 12.8 Å². The molecule has 0 fully saturated rings. The molecule has 1 N–H and O–H groups in total. The molecule has 0 aliphatic heterocycles. The van der Waals surface area contributed by atoms with Gasteiger partial charge in [0.25, 0.3) is 0 Å². The van der Waals surface area contributed by atoms with E-state index in [4.69, 9.17) is 5.11 Å². The Morgan fingerprint density at radius 2 is 2.27 bits per heavy atom. The van der Waals surface area contributed by atoms with Crippen molar-refractivity contribution in [3.8, 4) is 0 Å². The molecule has 0 radical (unpaired) electrons. The lowest BCUT2D eigenvalue weighted by atomic mass is 10.1. The molecular formula is C9H16O2. The first-order valence-electron chi connectivity index (χ1n) is 4.03. The minimum atomic E-state index is -0.440. The predicted molar refractivity (Wildman–Crippen MR) is 45.4 cm³/mol. The smallest absolute Gasteiger partial charge is 0.136 e. The topological polar surface area (TPSA) is 37.3 Å². The average molecular weight is 156 g/mol. The van der Waals surface area contributed by atoms with Crippen molar-refractivity contribution >= 4 is 5.78 Å². The SMILES string of the molecule is CCCC(=O)C/C=C/C(C)O. The summed E-state index contributed by atoms with van der Waals surface area (Å²) in [6.07, 6.45) is 4.92. The normalized spacial score (nSPS) is 13.7. The van der Waals surface area contributed by atoms with Gasteiger partial charge in [0.05, 0.1) is 6.10 Å². The number of aliphatic hydroxyl groups is 1. The van der Waals surface area contributed by atoms with E-state index in [9.17, 15) is 4.79 Å². The minimum absolute atomic E-state index is 0.240. The van der Waals surface area contributed by atoms with Gasteiger partial charge in [-0.05, 0) is 13.3 Å². The molecular weight excluding hydrogens is 140 g/mol. The fraction of sp³-hybridized carbons (Fsp3) is 0.667. The fourth-order valence-corrected chi connectivity index (χ4v) is 0.777. The maximum atomic E-state index is 10.9. The van der Waals surface area contributed by atoms with Gasteiger partial charge in [-0.3, -0.25) is 4.79 Å². The van der Waals surface area contributed by atoms with Gasteiger partial charge in [-0.15, -0.1) is 0 Å². The first-order chi connectivity index (χ1) is 5.16. The molecule has 0 aromatic rings. The summed E-state index contributed by atoms with van der Waals surface area (Å²) in [4.78, 5) is 10.9. The van der Waals surface area contributed by atoms with Crippen molar-refractivity contribution in [1.29, 1.82) is 0 Å². The zero-order valence-electron chi connectivity index (χ0n) is 7.21. The summed E-state index contributed by atoms with van der Waals surface area (Å²) in [5.41, 5.74) is 0. The quantitative estimate of drug-likeness (QED) is 0.615. The number of allylic oxidation sites excluding steroid dienone is 1. The number of rotatable bonds is 5. The standard InChI is InChI=1S/C9H16O2/c1-3-5-9(11)7-4-6-8(2)10/h4,6,8,10H,3,5,7H2,1-2H3/b6-4+. The van der Waals surface area contributed by atoms with Crippen LogP contribution in [0.15, 0.2) is 12.2 Å². The molecule has 0 spiro atoms. The van der Waals surface area contributed by atoms with Crippen molar-refractivity contribution in [1.82, 2.24) is 0 Å². The molecule has 1 unspecified atom stereocenters. The molecule has 2 nitrogen and oxygen atoms in total. The van der Waals surface area contributed by atoms with Gasteiger partial charge in [0.15, 0.2) is 0 Å². The summed E-state index contributed by atoms with van der Waals surface area (Å²) in [5.74, 6) is 0.240. The summed E-state index contributed by atoms with van der Waals surface area (Å²) in [5, 5.41) is 8.80. The number of aliphatic hydroxyl groups excluding tert-OH is 1. The summed E-state index contributed by atoms with van der Waals surface area (Å²) in [7, 11) is 0. The number of Topliss-reactive ketones (excluding diaryl/α,β-unsaturated/α-hetero) is 1. The van der Waals surface area contributed by atoms with Crippen LogP contribution in [0.25, 0.3) is 0 Å². The third-order valence-electron chi connectivity index (χ3n) is 1.29. The van der Waals surface area contributed by atoms with Crippen LogP contribution in [0.5, 0.6) is 0 Å². The van der Waals surface area contributed by atoms with Crippen molar-refractivity contribution in [2.24, 2.45) is 0 Å². The lowest BCUT2D eigenvalue weighted by Gasteiger charge is -1.94. The average Bonchev–Trinajstić information content (AvgIpc) is 1.87. The highest BCUT2D eigenvalue weighted by atomic mass is 16.3. The van der Waals surface area contributed by atoms with E-state index < -0.39 is 6.10 Å². The largest absolute Gasteiger partial charge is 0.389 e. The summed E-state index contributed by atoms with van der Waals surface area (Å²) in [6.45, 7) is 3.65. The second-order valence-corrected chi connectivity index (χ2v) is 2.66. The highest BCUT2D eigenvalue weighted by molar-refractivity contribution is 5.79. The van der Waals surface area contributed by atoms with E-state index in [2.05, 4.69) is 0 Å². The molecule has 0 heterocycles. The van der Waals surface area contributed by atoms with Gasteiger partial charge in [-0.2, -0.15) is 0 Å². The zero-order chi connectivity index (χ0) is 8.69. The highest BCUT2D eigenvalue weighted by Crippen LogP contribution is 1.95. The maximum absolute atomic E-state index is 10.9. The summed E-state index contributed by atoms with van der Waals surface area (Å²) < 4.78 is 0. The first-order valence-corrected chi connectivity index (χ1v) is 4.03. The lowest BCUT2D eigenvalue weighted by Crippen LogP contribution is -1.96. The van der Waals surface area contributed by atoms with Crippen LogP contribution in [0.3, 0.4) is 0 Å². The van der Waals surface area contributed by atoms with Gasteiger partial charge in [0.2, 0.25) is 0 Å². The van der Waals surface area contributed by atoms with Crippen molar-refractivity contribution in [2.45, 2.75) is 39.2 Å². The Balaban J connectivity index is 3.45. The molecule has 0 saturated carbocycles. The molecule has 0 aromatic heterocycles. The van der Waals surface area contributed by atoms with Crippen LogP contribution in [-0.4, -0.2) is 17.0 Å². The molecule has 0 saturated heterocycles. The molecule has 0 aliphatic carbocycles. The predicted octanol–water partition coefficient (Wildman–Crippen LogP) is 1.68. The molecule has 0 aromatic carbocycles. The Bertz CT molecular complexity index is 136. The Morgan fingerprint density at radius 1 is 1.64 bits per heavy atom.